The third-order valence-corrected chi connectivity index (χ3v) is 5.11. The Bertz CT molecular complexity index is 624. The summed E-state index contributed by atoms with van der Waals surface area (Å²) in [4.78, 5) is 13.6. The first-order valence-corrected chi connectivity index (χ1v) is 8.61. The van der Waals surface area contributed by atoms with Gasteiger partial charge in [0, 0.05) is 23.8 Å². The lowest BCUT2D eigenvalue weighted by atomic mass is 10.2. The van der Waals surface area contributed by atoms with E-state index in [4.69, 9.17) is 33.9 Å². The largest absolute Gasteiger partial charge is 0.339 e. The van der Waals surface area contributed by atoms with E-state index in [1.807, 2.05) is 0 Å². The number of likely N-dealkylation sites (tertiary alicyclic amines) is 1. The van der Waals surface area contributed by atoms with E-state index in [-0.39, 0.29) is 26.4 Å². The zero-order valence-electron chi connectivity index (χ0n) is 9.70. The first-order valence-electron chi connectivity index (χ1n) is 5.54. The second-order valence-corrected chi connectivity index (χ2v) is 7.49. The summed E-state index contributed by atoms with van der Waals surface area (Å²) in [6, 6.07) is 2.50. The number of hydrogen-bond acceptors (Lipinski definition) is 3. The predicted octanol–water partition coefficient (Wildman–Crippen LogP) is 3.16. The van der Waals surface area contributed by atoms with Gasteiger partial charge in [0.15, 0.2) is 0 Å². The number of rotatable bonds is 2. The Morgan fingerprint density at radius 3 is 2.26 bits per heavy atom. The minimum atomic E-state index is -4.02. The Hall–Kier alpha value is -0.490. The zero-order valence-corrected chi connectivity index (χ0v) is 12.8. The maximum atomic E-state index is 12.3. The Kier molecular flexibility index (Phi) is 4.30. The van der Waals surface area contributed by atoms with Gasteiger partial charge in [0.1, 0.15) is 4.90 Å². The van der Waals surface area contributed by atoms with E-state index in [0.29, 0.717) is 13.1 Å². The Morgan fingerprint density at radius 2 is 1.74 bits per heavy atom. The molecule has 19 heavy (non-hydrogen) atoms. The van der Waals surface area contributed by atoms with Crippen molar-refractivity contribution in [2.75, 3.05) is 13.1 Å². The van der Waals surface area contributed by atoms with Crippen LogP contribution < -0.4 is 0 Å². The molecule has 2 rings (SSSR count). The summed E-state index contributed by atoms with van der Waals surface area (Å²) in [5.41, 5.74) is -0.00745. The summed E-state index contributed by atoms with van der Waals surface area (Å²) in [7, 11) is 1.25. The molecule has 1 aromatic rings. The van der Waals surface area contributed by atoms with E-state index in [2.05, 4.69) is 0 Å². The van der Waals surface area contributed by atoms with Crippen molar-refractivity contribution >= 4 is 48.8 Å². The van der Waals surface area contributed by atoms with Gasteiger partial charge in [0.2, 0.25) is 0 Å². The summed E-state index contributed by atoms with van der Waals surface area (Å²) in [6.07, 6.45) is 1.82. The van der Waals surface area contributed by atoms with Crippen LogP contribution in [0.4, 0.5) is 0 Å². The van der Waals surface area contributed by atoms with Gasteiger partial charge in [-0.05, 0) is 25.0 Å². The second kappa shape index (κ2) is 5.48. The first-order chi connectivity index (χ1) is 8.82. The van der Waals surface area contributed by atoms with E-state index >= 15 is 0 Å². The molecular formula is C11H10Cl3NO3S. The SMILES string of the molecule is O=C(c1c(Cl)ccc(S(=O)(=O)Cl)c1Cl)N1CCCC1. The summed E-state index contributed by atoms with van der Waals surface area (Å²) < 4.78 is 22.7. The van der Waals surface area contributed by atoms with Crippen molar-refractivity contribution in [3.05, 3.63) is 27.7 Å². The average molecular weight is 343 g/mol. The van der Waals surface area contributed by atoms with Crippen molar-refractivity contribution in [2.45, 2.75) is 17.7 Å². The van der Waals surface area contributed by atoms with E-state index in [9.17, 15) is 13.2 Å². The Balaban J connectivity index is 2.53. The lowest BCUT2D eigenvalue weighted by Crippen LogP contribution is -2.28. The summed E-state index contributed by atoms with van der Waals surface area (Å²) in [6.45, 7) is 1.23. The molecule has 0 bridgehead atoms. The monoisotopic (exact) mass is 341 g/mol. The van der Waals surface area contributed by atoms with E-state index in [1.165, 1.54) is 12.1 Å². The molecule has 0 saturated carbocycles. The molecule has 1 aliphatic rings. The van der Waals surface area contributed by atoms with Crippen molar-refractivity contribution < 1.29 is 13.2 Å². The summed E-state index contributed by atoms with van der Waals surface area (Å²) in [5.74, 6) is -0.366. The fourth-order valence-electron chi connectivity index (χ4n) is 2.00. The summed E-state index contributed by atoms with van der Waals surface area (Å²) >= 11 is 11.9. The van der Waals surface area contributed by atoms with Crippen LogP contribution >= 0.6 is 33.9 Å². The fourth-order valence-corrected chi connectivity index (χ4v) is 3.88. The quantitative estimate of drug-likeness (QED) is 0.776. The van der Waals surface area contributed by atoms with E-state index in [1.54, 1.807) is 4.90 Å². The smallest absolute Gasteiger partial charge is 0.262 e. The molecule has 1 aromatic carbocycles. The Morgan fingerprint density at radius 1 is 1.16 bits per heavy atom. The molecule has 0 spiro atoms. The van der Waals surface area contributed by atoms with Crippen molar-refractivity contribution in [2.24, 2.45) is 0 Å². The minimum Gasteiger partial charge on any atom is -0.339 e. The van der Waals surface area contributed by atoms with Crippen LogP contribution in [0.2, 0.25) is 10.0 Å². The molecule has 1 saturated heterocycles. The fraction of sp³-hybridized carbons (Fsp3) is 0.364. The predicted molar refractivity (Wildman–Crippen MR) is 74.6 cm³/mol. The number of hydrogen-bond donors (Lipinski definition) is 0. The Labute approximate surface area is 125 Å². The van der Waals surface area contributed by atoms with Crippen LogP contribution in [0.5, 0.6) is 0 Å². The van der Waals surface area contributed by atoms with Crippen molar-refractivity contribution in [1.29, 1.82) is 0 Å². The van der Waals surface area contributed by atoms with Crippen LogP contribution in [0, 0.1) is 0 Å². The summed E-state index contributed by atoms with van der Waals surface area (Å²) in [5, 5.41) is -0.106. The van der Waals surface area contributed by atoms with E-state index in [0.717, 1.165) is 12.8 Å². The minimum absolute atomic E-state index is 0.00745. The first kappa shape index (κ1) is 14.9. The highest BCUT2D eigenvalue weighted by Gasteiger charge is 2.27. The molecular weight excluding hydrogens is 333 g/mol. The maximum Gasteiger partial charge on any atom is 0.262 e. The molecule has 0 N–H and O–H groups in total. The molecule has 1 amide bonds. The number of carbonyl (C=O) groups is 1. The van der Waals surface area contributed by atoms with Gasteiger partial charge in [-0.25, -0.2) is 8.42 Å². The second-order valence-electron chi connectivity index (χ2n) is 4.17. The number of nitrogens with zero attached hydrogens (tertiary/aromatic N) is 1. The van der Waals surface area contributed by atoms with Crippen molar-refractivity contribution in [1.82, 2.24) is 4.90 Å². The van der Waals surface area contributed by atoms with Gasteiger partial charge >= 0.3 is 0 Å². The van der Waals surface area contributed by atoms with Gasteiger partial charge in [-0.2, -0.15) is 0 Å². The lowest BCUT2D eigenvalue weighted by molar-refractivity contribution is 0.0793. The normalized spacial score (nSPS) is 15.8. The number of amides is 1. The van der Waals surface area contributed by atoms with Crippen molar-refractivity contribution in [3.8, 4) is 0 Å². The van der Waals surface area contributed by atoms with Crippen LogP contribution in [-0.2, 0) is 9.05 Å². The zero-order chi connectivity index (χ0) is 14.2. The number of halogens is 3. The topological polar surface area (TPSA) is 54.5 Å². The molecule has 0 unspecified atom stereocenters. The number of benzene rings is 1. The standard InChI is InChI=1S/C11H10Cl3NO3S/c12-7-3-4-8(19(14,17)18)10(13)9(7)11(16)15-5-1-2-6-15/h3-4H,1-2,5-6H2. The highest BCUT2D eigenvalue weighted by molar-refractivity contribution is 8.13. The van der Waals surface area contributed by atoms with Gasteiger partial charge in [-0.1, -0.05) is 23.2 Å². The van der Waals surface area contributed by atoms with Crippen molar-refractivity contribution in [3.63, 3.8) is 0 Å². The van der Waals surface area contributed by atoms with Crippen LogP contribution in [0.15, 0.2) is 17.0 Å². The molecule has 0 atom stereocenters. The van der Waals surface area contributed by atoms with E-state index < -0.39 is 9.05 Å². The van der Waals surface area contributed by atoms with Gasteiger partial charge in [-0.3, -0.25) is 4.79 Å². The number of carbonyl (C=O) groups excluding carboxylic acids is 1. The molecule has 104 valence electrons. The third-order valence-electron chi connectivity index (χ3n) is 2.93. The molecule has 0 aromatic heterocycles. The van der Waals surface area contributed by atoms with Crippen LogP contribution in [-0.4, -0.2) is 32.3 Å². The van der Waals surface area contributed by atoms with Crippen LogP contribution in [0.3, 0.4) is 0 Å². The molecule has 0 radical (unpaired) electrons. The molecule has 1 heterocycles. The van der Waals surface area contributed by atoms with Gasteiger partial charge in [-0.15, -0.1) is 0 Å². The third kappa shape index (κ3) is 2.99. The molecule has 0 aliphatic carbocycles. The molecule has 1 aliphatic heterocycles. The lowest BCUT2D eigenvalue weighted by Gasteiger charge is -2.17. The maximum absolute atomic E-state index is 12.3. The highest BCUT2D eigenvalue weighted by atomic mass is 35.7. The van der Waals surface area contributed by atoms with Crippen LogP contribution in [0.1, 0.15) is 23.2 Å². The average Bonchev–Trinajstić information content (AvgIpc) is 2.80. The molecule has 4 nitrogen and oxygen atoms in total. The molecule has 1 fully saturated rings. The van der Waals surface area contributed by atoms with Gasteiger partial charge in [0.05, 0.1) is 15.6 Å². The van der Waals surface area contributed by atoms with Crippen LogP contribution in [0.25, 0.3) is 0 Å². The molecule has 8 heteroatoms. The van der Waals surface area contributed by atoms with Gasteiger partial charge in [0.25, 0.3) is 15.0 Å². The highest BCUT2D eigenvalue weighted by Crippen LogP contribution is 2.34. The van der Waals surface area contributed by atoms with Gasteiger partial charge < -0.3 is 4.90 Å².